The Hall–Kier alpha value is -2.49. The van der Waals surface area contributed by atoms with Crippen molar-refractivity contribution >= 4 is 5.91 Å². The quantitative estimate of drug-likeness (QED) is 0.661. The highest BCUT2D eigenvalue weighted by Gasteiger charge is 2.55. The second-order valence-corrected chi connectivity index (χ2v) is 9.91. The van der Waals surface area contributed by atoms with Gasteiger partial charge in [-0.1, -0.05) is 31.0 Å². The first kappa shape index (κ1) is 19.2. The van der Waals surface area contributed by atoms with Crippen molar-refractivity contribution in [3.05, 3.63) is 53.6 Å². The molecule has 0 N–H and O–H groups in total. The highest BCUT2D eigenvalue weighted by molar-refractivity contribution is 5.81. The molecular formula is C27H31NO3. The summed E-state index contributed by atoms with van der Waals surface area (Å²) in [6.45, 7) is 0.924. The number of fused-ring (bicyclic) bond motifs is 1. The van der Waals surface area contributed by atoms with E-state index in [0.717, 1.165) is 49.5 Å². The molecule has 4 nitrogen and oxygen atoms in total. The first-order chi connectivity index (χ1) is 15.2. The van der Waals surface area contributed by atoms with E-state index in [9.17, 15) is 4.79 Å². The van der Waals surface area contributed by atoms with E-state index < -0.39 is 0 Å². The van der Waals surface area contributed by atoms with E-state index in [1.807, 2.05) is 24.3 Å². The van der Waals surface area contributed by atoms with Gasteiger partial charge in [-0.15, -0.1) is 0 Å². The van der Waals surface area contributed by atoms with E-state index in [4.69, 9.17) is 9.47 Å². The average Bonchev–Trinajstić information content (AvgIpc) is 3.65. The summed E-state index contributed by atoms with van der Waals surface area (Å²) in [6.07, 6.45) is 9.35. The molecule has 2 bridgehead atoms. The largest absolute Gasteiger partial charge is 0.493 e. The number of hydrogen-bond acceptors (Lipinski definition) is 3. The molecule has 0 aromatic heterocycles. The second-order valence-electron chi connectivity index (χ2n) is 9.91. The summed E-state index contributed by atoms with van der Waals surface area (Å²) in [5.41, 5.74) is 3.11. The van der Waals surface area contributed by atoms with E-state index in [1.54, 1.807) is 7.11 Å². The molecule has 1 saturated heterocycles. The van der Waals surface area contributed by atoms with Crippen molar-refractivity contribution in [2.24, 2.45) is 11.8 Å². The average molecular weight is 418 g/mol. The Morgan fingerprint density at radius 3 is 2.68 bits per heavy atom. The van der Waals surface area contributed by atoms with Gasteiger partial charge in [0.2, 0.25) is 5.91 Å². The summed E-state index contributed by atoms with van der Waals surface area (Å²) in [6, 6.07) is 14.9. The van der Waals surface area contributed by atoms with Gasteiger partial charge in [0.05, 0.1) is 7.11 Å². The Bertz CT molecular complexity index is 1010. The number of para-hydroxylation sites is 2. The van der Waals surface area contributed by atoms with Crippen LogP contribution in [0.3, 0.4) is 0 Å². The molecule has 3 atom stereocenters. The minimum Gasteiger partial charge on any atom is -0.493 e. The summed E-state index contributed by atoms with van der Waals surface area (Å²) in [7, 11) is 1.68. The third-order valence-electron chi connectivity index (χ3n) is 8.31. The van der Waals surface area contributed by atoms with E-state index >= 15 is 0 Å². The van der Waals surface area contributed by atoms with Gasteiger partial charge in [-0.3, -0.25) is 4.79 Å². The fourth-order valence-electron chi connectivity index (χ4n) is 6.72. The minimum atomic E-state index is 0.205. The van der Waals surface area contributed by atoms with Crippen LogP contribution in [0.4, 0.5) is 0 Å². The maximum absolute atomic E-state index is 13.1. The van der Waals surface area contributed by atoms with E-state index in [2.05, 4.69) is 23.1 Å². The SMILES string of the molecule is COc1ccccc1Oc1ccc2c(c1)[C@@]13CCCC[C@H]1[C@@H](C2)N(C(=O)C1CC1)CC3. The van der Waals surface area contributed by atoms with Crippen LogP contribution in [0.25, 0.3) is 0 Å². The first-order valence-corrected chi connectivity index (χ1v) is 11.9. The lowest BCUT2D eigenvalue weighted by molar-refractivity contribution is -0.142. The topological polar surface area (TPSA) is 38.8 Å². The molecule has 31 heavy (non-hydrogen) atoms. The summed E-state index contributed by atoms with van der Waals surface area (Å²) in [5, 5.41) is 0. The molecule has 4 aliphatic rings. The number of carbonyl (C=O) groups excluding carboxylic acids is 1. The van der Waals surface area contributed by atoms with Crippen LogP contribution in [0.1, 0.15) is 56.1 Å². The summed E-state index contributed by atoms with van der Waals surface area (Å²) in [5.74, 6) is 3.73. The van der Waals surface area contributed by atoms with Crippen molar-refractivity contribution in [3.63, 3.8) is 0 Å². The van der Waals surface area contributed by atoms with Gasteiger partial charge in [0.15, 0.2) is 11.5 Å². The van der Waals surface area contributed by atoms with Crippen LogP contribution >= 0.6 is 0 Å². The number of piperidine rings is 1. The predicted molar refractivity (Wildman–Crippen MR) is 120 cm³/mol. The first-order valence-electron chi connectivity index (χ1n) is 11.9. The van der Waals surface area contributed by atoms with Crippen LogP contribution in [0.5, 0.6) is 17.2 Å². The smallest absolute Gasteiger partial charge is 0.225 e. The molecule has 1 amide bonds. The highest BCUT2D eigenvalue weighted by atomic mass is 16.5. The zero-order valence-electron chi connectivity index (χ0n) is 18.3. The van der Waals surface area contributed by atoms with Crippen LogP contribution in [0.2, 0.25) is 0 Å². The van der Waals surface area contributed by atoms with E-state index in [0.29, 0.717) is 23.8 Å². The Morgan fingerprint density at radius 1 is 1.03 bits per heavy atom. The lowest BCUT2D eigenvalue weighted by atomic mass is 9.52. The maximum Gasteiger partial charge on any atom is 0.225 e. The number of methoxy groups -OCH3 is 1. The molecule has 2 aromatic carbocycles. The summed E-state index contributed by atoms with van der Waals surface area (Å²) in [4.78, 5) is 15.3. The molecule has 2 saturated carbocycles. The van der Waals surface area contributed by atoms with Gasteiger partial charge in [-0.25, -0.2) is 0 Å². The second kappa shape index (κ2) is 7.29. The van der Waals surface area contributed by atoms with Gasteiger partial charge >= 0.3 is 0 Å². The van der Waals surface area contributed by atoms with Crippen LogP contribution in [0.15, 0.2) is 42.5 Å². The van der Waals surface area contributed by atoms with Gasteiger partial charge in [0.1, 0.15) is 5.75 Å². The fourth-order valence-corrected chi connectivity index (χ4v) is 6.72. The molecular weight excluding hydrogens is 386 g/mol. The fraction of sp³-hybridized carbons (Fsp3) is 0.519. The monoisotopic (exact) mass is 417 g/mol. The lowest BCUT2D eigenvalue weighted by Gasteiger charge is -2.59. The Kier molecular flexibility index (Phi) is 4.52. The molecule has 162 valence electrons. The molecule has 0 spiro atoms. The Labute approximate surface area is 184 Å². The lowest BCUT2D eigenvalue weighted by Crippen LogP contribution is -2.62. The third kappa shape index (κ3) is 3.06. The van der Waals surface area contributed by atoms with Gasteiger partial charge in [0, 0.05) is 23.9 Å². The molecule has 3 fully saturated rings. The molecule has 6 rings (SSSR count). The van der Waals surface area contributed by atoms with Crippen molar-refractivity contribution in [2.75, 3.05) is 13.7 Å². The molecule has 1 aliphatic heterocycles. The number of hydrogen-bond donors (Lipinski definition) is 0. The number of amides is 1. The van der Waals surface area contributed by atoms with Crippen LogP contribution in [-0.2, 0) is 16.6 Å². The Balaban J connectivity index is 1.37. The molecule has 1 heterocycles. The number of benzene rings is 2. The van der Waals surface area contributed by atoms with Crippen molar-refractivity contribution in [2.45, 2.75) is 62.8 Å². The van der Waals surface area contributed by atoms with Gasteiger partial charge in [0.25, 0.3) is 0 Å². The normalized spacial score (nSPS) is 29.0. The van der Waals surface area contributed by atoms with E-state index in [-0.39, 0.29) is 5.41 Å². The highest BCUT2D eigenvalue weighted by Crippen LogP contribution is 2.57. The van der Waals surface area contributed by atoms with E-state index in [1.165, 1.54) is 36.8 Å². The summed E-state index contributed by atoms with van der Waals surface area (Å²) < 4.78 is 11.8. The van der Waals surface area contributed by atoms with Crippen molar-refractivity contribution in [1.29, 1.82) is 0 Å². The molecule has 3 aliphatic carbocycles. The zero-order valence-corrected chi connectivity index (χ0v) is 18.3. The van der Waals surface area contributed by atoms with Crippen molar-refractivity contribution in [3.8, 4) is 17.2 Å². The van der Waals surface area contributed by atoms with Crippen LogP contribution in [0, 0.1) is 11.8 Å². The molecule has 2 aromatic rings. The van der Waals surface area contributed by atoms with Crippen molar-refractivity contribution in [1.82, 2.24) is 4.90 Å². The maximum atomic E-state index is 13.1. The molecule has 0 radical (unpaired) electrons. The molecule has 4 heteroatoms. The van der Waals surface area contributed by atoms with Gasteiger partial charge in [-0.05, 0) is 79.8 Å². The van der Waals surface area contributed by atoms with Crippen LogP contribution in [-0.4, -0.2) is 30.5 Å². The number of carbonyl (C=O) groups is 1. The van der Waals surface area contributed by atoms with Gasteiger partial charge in [-0.2, -0.15) is 0 Å². The number of likely N-dealkylation sites (tertiary alicyclic amines) is 1. The molecule has 0 unspecified atom stereocenters. The van der Waals surface area contributed by atoms with Gasteiger partial charge < -0.3 is 14.4 Å². The summed E-state index contributed by atoms with van der Waals surface area (Å²) >= 11 is 0. The van der Waals surface area contributed by atoms with Crippen LogP contribution < -0.4 is 9.47 Å². The third-order valence-corrected chi connectivity index (χ3v) is 8.31. The Morgan fingerprint density at radius 2 is 1.87 bits per heavy atom. The minimum absolute atomic E-state index is 0.205. The number of ether oxygens (including phenoxy) is 2. The van der Waals surface area contributed by atoms with Crippen molar-refractivity contribution < 1.29 is 14.3 Å². The standard InChI is InChI=1S/C27H31NO3/c1-30-24-7-2-3-8-25(24)31-20-12-11-19-16-23-21-6-4-5-13-27(21,22(19)17-20)14-15-28(23)26(29)18-9-10-18/h2-3,7-8,11-12,17-18,21,23H,4-6,9-10,13-16H2,1H3/t21-,23+,27+/m0/s1. The zero-order chi connectivity index (χ0) is 21.0. The number of rotatable bonds is 4. The predicted octanol–water partition coefficient (Wildman–Crippen LogP) is 5.48. The number of nitrogens with zero attached hydrogens (tertiary/aromatic N) is 1.